The van der Waals surface area contributed by atoms with Crippen molar-refractivity contribution >= 4 is 27.5 Å². The molecule has 2 rings (SSSR count). The summed E-state index contributed by atoms with van der Waals surface area (Å²) in [7, 11) is 0. The van der Waals surface area contributed by atoms with E-state index in [2.05, 4.69) is 21.2 Å². The first-order valence-corrected chi connectivity index (χ1v) is 8.06. The van der Waals surface area contributed by atoms with Gasteiger partial charge in [0.05, 0.1) is 4.92 Å². The lowest BCUT2D eigenvalue weighted by atomic mass is 9.89. The van der Waals surface area contributed by atoms with Gasteiger partial charge in [-0.25, -0.2) is 0 Å². The van der Waals surface area contributed by atoms with Crippen LogP contribution < -0.4 is 5.32 Å². The number of amides is 1. The van der Waals surface area contributed by atoms with Crippen LogP contribution in [0.15, 0.2) is 18.2 Å². The quantitative estimate of drug-likeness (QED) is 0.510. The summed E-state index contributed by atoms with van der Waals surface area (Å²) in [5.41, 5.74) is 1.02. The van der Waals surface area contributed by atoms with Crippen LogP contribution in [0.2, 0.25) is 0 Å². The molecule has 1 fully saturated rings. The number of aryl methyl sites for hydroxylation is 1. The molecule has 0 radical (unpaired) electrons. The number of hydrogen-bond donors (Lipinski definition) is 1. The maximum Gasteiger partial charge on any atom is 0.272 e. The first-order chi connectivity index (χ1) is 9.97. The summed E-state index contributed by atoms with van der Waals surface area (Å²) >= 11 is 3.64. The Morgan fingerprint density at radius 1 is 1.48 bits per heavy atom. The minimum atomic E-state index is -0.435. The molecule has 0 aliphatic heterocycles. The van der Waals surface area contributed by atoms with E-state index in [0.29, 0.717) is 28.4 Å². The fourth-order valence-corrected chi connectivity index (χ4v) is 3.60. The van der Waals surface area contributed by atoms with Gasteiger partial charge in [0.25, 0.3) is 11.6 Å². The molecule has 1 aliphatic rings. The van der Waals surface area contributed by atoms with Gasteiger partial charge in [-0.3, -0.25) is 14.9 Å². The van der Waals surface area contributed by atoms with Gasteiger partial charge in [0, 0.05) is 28.6 Å². The molecule has 2 unspecified atom stereocenters. The minimum absolute atomic E-state index is 0.0426. The zero-order valence-electron chi connectivity index (χ0n) is 12.0. The number of carbonyl (C=O) groups is 1. The molecule has 21 heavy (non-hydrogen) atoms. The van der Waals surface area contributed by atoms with Crippen molar-refractivity contribution in [2.45, 2.75) is 37.4 Å². The first-order valence-electron chi connectivity index (χ1n) is 7.14. The first kappa shape index (κ1) is 15.9. The molecule has 1 N–H and O–H groups in total. The number of nitro benzene ring substituents is 1. The van der Waals surface area contributed by atoms with E-state index in [9.17, 15) is 14.9 Å². The summed E-state index contributed by atoms with van der Waals surface area (Å²) in [6.45, 7) is 2.31. The Hall–Kier alpha value is -1.43. The van der Waals surface area contributed by atoms with E-state index in [0.717, 1.165) is 12.8 Å². The van der Waals surface area contributed by atoms with E-state index >= 15 is 0 Å². The highest BCUT2D eigenvalue weighted by atomic mass is 79.9. The minimum Gasteiger partial charge on any atom is -0.352 e. The highest BCUT2D eigenvalue weighted by Crippen LogP contribution is 2.28. The van der Waals surface area contributed by atoms with Gasteiger partial charge in [-0.1, -0.05) is 22.4 Å². The Morgan fingerprint density at radius 2 is 2.24 bits per heavy atom. The van der Waals surface area contributed by atoms with Gasteiger partial charge in [-0.15, -0.1) is 0 Å². The van der Waals surface area contributed by atoms with Gasteiger partial charge >= 0.3 is 0 Å². The van der Waals surface area contributed by atoms with E-state index in [4.69, 9.17) is 0 Å². The molecule has 0 bridgehead atoms. The number of benzene rings is 1. The molecular formula is C15H19BrN2O3. The zero-order chi connectivity index (χ0) is 15.4. The number of rotatable bonds is 4. The predicted octanol–water partition coefficient (Wildman–Crippen LogP) is 3.59. The van der Waals surface area contributed by atoms with Crippen LogP contribution in [0.25, 0.3) is 0 Å². The number of hydrogen-bond acceptors (Lipinski definition) is 3. The highest BCUT2D eigenvalue weighted by Gasteiger charge is 2.21. The second-order valence-corrected chi connectivity index (χ2v) is 6.89. The maximum atomic E-state index is 12.1. The number of nitro groups is 1. The summed E-state index contributed by atoms with van der Waals surface area (Å²) in [5, 5.41) is 13.7. The molecule has 0 saturated heterocycles. The van der Waals surface area contributed by atoms with Crippen LogP contribution in [0.1, 0.15) is 41.6 Å². The topological polar surface area (TPSA) is 72.2 Å². The van der Waals surface area contributed by atoms with Gasteiger partial charge in [0.15, 0.2) is 0 Å². The highest BCUT2D eigenvalue weighted by molar-refractivity contribution is 9.09. The summed E-state index contributed by atoms with van der Waals surface area (Å²) < 4.78 is 0. The van der Waals surface area contributed by atoms with E-state index < -0.39 is 4.92 Å². The zero-order valence-corrected chi connectivity index (χ0v) is 13.6. The number of alkyl halides is 1. The molecule has 0 heterocycles. The number of nitrogens with zero attached hydrogens (tertiary/aromatic N) is 1. The molecule has 5 nitrogen and oxygen atoms in total. The molecule has 2 atom stereocenters. The van der Waals surface area contributed by atoms with Crippen molar-refractivity contribution in [3.63, 3.8) is 0 Å². The molecule has 0 aromatic heterocycles. The van der Waals surface area contributed by atoms with Crippen LogP contribution in [0.5, 0.6) is 0 Å². The monoisotopic (exact) mass is 354 g/mol. The Kier molecular flexibility index (Phi) is 5.33. The SMILES string of the molecule is Cc1cc(C(=O)NCC2CCCC(Br)C2)ccc1[N+](=O)[O-]. The van der Waals surface area contributed by atoms with Crippen molar-refractivity contribution in [1.82, 2.24) is 5.32 Å². The molecule has 0 spiro atoms. The summed E-state index contributed by atoms with van der Waals surface area (Å²) in [6.07, 6.45) is 4.61. The third kappa shape index (κ3) is 4.27. The molecule has 1 aromatic rings. The Balaban J connectivity index is 1.94. The molecule has 1 aliphatic carbocycles. The molecule has 114 valence electrons. The number of halogens is 1. The van der Waals surface area contributed by atoms with Crippen molar-refractivity contribution in [2.24, 2.45) is 5.92 Å². The average Bonchev–Trinajstić information content (AvgIpc) is 2.44. The predicted molar refractivity (Wildman–Crippen MR) is 84.8 cm³/mol. The third-order valence-electron chi connectivity index (χ3n) is 3.93. The Labute approximate surface area is 132 Å². The third-order valence-corrected chi connectivity index (χ3v) is 4.76. The van der Waals surface area contributed by atoms with Crippen molar-refractivity contribution in [1.29, 1.82) is 0 Å². The number of nitrogens with one attached hydrogen (secondary N) is 1. The van der Waals surface area contributed by atoms with Crippen molar-refractivity contribution in [2.75, 3.05) is 6.54 Å². The fraction of sp³-hybridized carbons (Fsp3) is 0.533. The van der Waals surface area contributed by atoms with Gasteiger partial charge in [-0.05, 0) is 44.2 Å². The van der Waals surface area contributed by atoms with Crippen molar-refractivity contribution in [3.05, 3.63) is 39.4 Å². The van der Waals surface area contributed by atoms with E-state index in [-0.39, 0.29) is 11.6 Å². The molecule has 1 amide bonds. The average molecular weight is 355 g/mol. The van der Waals surface area contributed by atoms with E-state index in [1.807, 2.05) is 0 Å². The van der Waals surface area contributed by atoms with Crippen molar-refractivity contribution in [3.8, 4) is 0 Å². The van der Waals surface area contributed by atoms with Gasteiger partial charge in [0.1, 0.15) is 0 Å². The molecule has 1 saturated carbocycles. The molecular weight excluding hydrogens is 336 g/mol. The van der Waals surface area contributed by atoms with Crippen LogP contribution >= 0.6 is 15.9 Å². The summed E-state index contributed by atoms with van der Waals surface area (Å²) in [5.74, 6) is 0.343. The Morgan fingerprint density at radius 3 is 2.86 bits per heavy atom. The van der Waals surface area contributed by atoms with Crippen molar-refractivity contribution < 1.29 is 9.72 Å². The lowest BCUT2D eigenvalue weighted by Gasteiger charge is -2.25. The van der Waals surface area contributed by atoms with Gasteiger partial charge in [0.2, 0.25) is 0 Å². The smallest absolute Gasteiger partial charge is 0.272 e. The normalized spacial score (nSPS) is 21.8. The second kappa shape index (κ2) is 7.02. The summed E-state index contributed by atoms with van der Waals surface area (Å²) in [6, 6.07) is 4.47. The van der Waals surface area contributed by atoms with Gasteiger partial charge < -0.3 is 5.32 Å². The van der Waals surface area contributed by atoms with Crippen LogP contribution in [0, 0.1) is 23.0 Å². The lowest BCUT2D eigenvalue weighted by molar-refractivity contribution is -0.385. The Bertz CT molecular complexity index is 548. The largest absolute Gasteiger partial charge is 0.352 e. The van der Waals surface area contributed by atoms with Crippen LogP contribution in [0.3, 0.4) is 0 Å². The van der Waals surface area contributed by atoms with Crippen LogP contribution in [0.4, 0.5) is 5.69 Å². The van der Waals surface area contributed by atoms with E-state index in [1.54, 1.807) is 13.0 Å². The van der Waals surface area contributed by atoms with Gasteiger partial charge in [-0.2, -0.15) is 0 Å². The van der Waals surface area contributed by atoms with Crippen LogP contribution in [-0.4, -0.2) is 22.2 Å². The maximum absolute atomic E-state index is 12.1. The molecule has 1 aromatic carbocycles. The summed E-state index contributed by atoms with van der Waals surface area (Å²) in [4.78, 5) is 23.0. The molecule has 6 heteroatoms. The standard InChI is InChI=1S/C15H19BrN2O3/c1-10-7-12(5-6-14(10)18(20)21)15(19)17-9-11-3-2-4-13(16)8-11/h5-7,11,13H,2-4,8-9H2,1H3,(H,17,19). The lowest BCUT2D eigenvalue weighted by Crippen LogP contribution is -2.32. The van der Waals surface area contributed by atoms with Crippen LogP contribution in [-0.2, 0) is 0 Å². The number of carbonyl (C=O) groups excluding carboxylic acids is 1. The van der Waals surface area contributed by atoms with E-state index in [1.165, 1.54) is 25.0 Å². The fourth-order valence-electron chi connectivity index (χ4n) is 2.75. The second-order valence-electron chi connectivity index (χ2n) is 5.60.